The molecule has 2 fully saturated rings. The van der Waals surface area contributed by atoms with E-state index in [0.717, 1.165) is 0 Å². The number of allylic oxidation sites excluding steroid dienone is 1. The van der Waals surface area contributed by atoms with E-state index in [9.17, 15) is 27.9 Å². The van der Waals surface area contributed by atoms with Crippen molar-refractivity contribution in [3.05, 3.63) is 58.4 Å². The monoisotopic (exact) mass is 506 g/mol. The zero-order valence-electron chi connectivity index (χ0n) is 19.7. The Morgan fingerprint density at radius 1 is 1.33 bits per heavy atom. The summed E-state index contributed by atoms with van der Waals surface area (Å²) in [4.78, 5) is 35.4. The van der Waals surface area contributed by atoms with Crippen molar-refractivity contribution < 1.29 is 37.4 Å². The van der Waals surface area contributed by atoms with Crippen molar-refractivity contribution in [2.24, 2.45) is 5.16 Å². The molecule has 0 saturated carbocycles. The number of nitrogens with one attached hydrogen (secondary N) is 1. The molecule has 0 aromatic heterocycles. The van der Waals surface area contributed by atoms with Crippen LogP contribution in [0.2, 0.25) is 0 Å². The van der Waals surface area contributed by atoms with Crippen molar-refractivity contribution in [1.82, 2.24) is 15.1 Å². The number of carbonyl (C=O) groups is 2. The lowest BCUT2D eigenvalue weighted by molar-refractivity contribution is -0.139. The minimum atomic E-state index is -1.13. The van der Waals surface area contributed by atoms with E-state index in [0.29, 0.717) is 37.3 Å². The molecule has 9 nitrogen and oxygen atoms in total. The largest absolute Gasteiger partial charge is 0.510 e. The number of amides is 2. The molecule has 192 valence electrons. The smallest absolute Gasteiger partial charge is 0.274 e. The second-order valence-corrected chi connectivity index (χ2v) is 9.45. The van der Waals surface area contributed by atoms with Crippen molar-refractivity contribution in [1.29, 1.82) is 0 Å². The number of ether oxygens (including phenoxy) is 1. The van der Waals surface area contributed by atoms with E-state index in [2.05, 4.69) is 10.5 Å². The first-order chi connectivity index (χ1) is 17.1. The molecule has 0 aliphatic carbocycles. The van der Waals surface area contributed by atoms with E-state index in [1.165, 1.54) is 13.3 Å². The van der Waals surface area contributed by atoms with Gasteiger partial charge in [-0.15, -0.1) is 0 Å². The van der Waals surface area contributed by atoms with E-state index in [-0.39, 0.29) is 41.9 Å². The number of methoxy groups -OCH3 is 1. The SMILES string of the molecule is COC1=NO[C@@]2(CC[C@H](C)N3C[C@H]2N2C=C(C(=O)NCc4c(F)cc(F)cc4F)CC(O)=C2C3=O)C1. The van der Waals surface area contributed by atoms with Crippen molar-refractivity contribution in [3.63, 3.8) is 0 Å². The van der Waals surface area contributed by atoms with E-state index in [1.807, 2.05) is 6.92 Å². The Labute approximate surface area is 204 Å². The Bertz CT molecular complexity index is 1210. The number of hydrogen-bond acceptors (Lipinski definition) is 7. The molecule has 2 amide bonds. The summed E-state index contributed by atoms with van der Waals surface area (Å²) in [6.45, 7) is 1.68. The van der Waals surface area contributed by atoms with Gasteiger partial charge >= 0.3 is 0 Å². The van der Waals surface area contributed by atoms with Crippen molar-refractivity contribution in [3.8, 4) is 0 Å². The number of oxime groups is 1. The predicted molar refractivity (Wildman–Crippen MR) is 119 cm³/mol. The summed E-state index contributed by atoms with van der Waals surface area (Å²) in [5.74, 6) is -4.26. The van der Waals surface area contributed by atoms with Gasteiger partial charge in [0, 0.05) is 55.0 Å². The molecule has 5 rings (SSSR count). The predicted octanol–water partition coefficient (Wildman–Crippen LogP) is 2.59. The first-order valence-electron chi connectivity index (χ1n) is 11.6. The number of rotatable bonds is 3. The van der Waals surface area contributed by atoms with E-state index in [1.54, 1.807) is 9.80 Å². The van der Waals surface area contributed by atoms with Gasteiger partial charge in [0.05, 0.1) is 19.6 Å². The molecular weight excluding hydrogens is 481 g/mol. The van der Waals surface area contributed by atoms with Crippen molar-refractivity contribution >= 4 is 17.7 Å². The quantitative estimate of drug-likeness (QED) is 0.654. The summed E-state index contributed by atoms with van der Waals surface area (Å²) in [6.07, 6.45) is 2.77. The highest BCUT2D eigenvalue weighted by Crippen LogP contribution is 2.45. The van der Waals surface area contributed by atoms with Crippen LogP contribution in [0.25, 0.3) is 0 Å². The molecule has 4 aliphatic heterocycles. The van der Waals surface area contributed by atoms with Crippen LogP contribution in [0.1, 0.15) is 38.2 Å². The third-order valence-corrected chi connectivity index (χ3v) is 7.32. The van der Waals surface area contributed by atoms with Gasteiger partial charge in [-0.3, -0.25) is 9.59 Å². The van der Waals surface area contributed by atoms with Gasteiger partial charge in [0.2, 0.25) is 11.8 Å². The number of aliphatic hydroxyl groups is 1. The molecule has 0 unspecified atom stereocenters. The van der Waals surface area contributed by atoms with Crippen molar-refractivity contribution in [2.75, 3.05) is 13.7 Å². The number of carbonyl (C=O) groups excluding carboxylic acids is 2. The lowest BCUT2D eigenvalue weighted by Gasteiger charge is -2.48. The van der Waals surface area contributed by atoms with Gasteiger partial charge < -0.3 is 29.8 Å². The molecule has 0 radical (unpaired) electrons. The standard InChI is InChI=1S/C24H25F3N4O5/c1-12-3-4-24(8-20(35-2)29-36-24)19-11-30(12)23(34)21-18(32)5-13(10-31(19)21)22(33)28-9-15-16(26)6-14(25)7-17(15)27/h6-7,10,12,19,32H,3-5,8-9,11H2,1-2H3,(H,28,33)/t12-,19+,24-/m0/s1. The summed E-state index contributed by atoms with van der Waals surface area (Å²) in [6, 6.07) is 0.469. The summed E-state index contributed by atoms with van der Waals surface area (Å²) in [7, 11) is 1.49. The van der Waals surface area contributed by atoms with Crippen LogP contribution in [-0.4, -0.2) is 64.0 Å². The zero-order chi connectivity index (χ0) is 25.8. The second kappa shape index (κ2) is 8.75. The Balaban J connectivity index is 1.44. The minimum Gasteiger partial charge on any atom is -0.510 e. The van der Waals surface area contributed by atoms with Crippen LogP contribution in [-0.2, 0) is 25.7 Å². The summed E-state index contributed by atoms with van der Waals surface area (Å²) < 4.78 is 46.5. The Kier molecular flexibility index (Phi) is 5.84. The average molecular weight is 506 g/mol. The highest BCUT2D eigenvalue weighted by Gasteiger charge is 2.57. The van der Waals surface area contributed by atoms with Crippen LogP contribution in [0.3, 0.4) is 0 Å². The average Bonchev–Trinajstić information content (AvgIpc) is 3.20. The fraction of sp³-hybridized carbons (Fsp3) is 0.458. The molecule has 2 saturated heterocycles. The molecule has 1 aromatic carbocycles. The lowest BCUT2D eigenvalue weighted by atomic mass is 9.84. The van der Waals surface area contributed by atoms with Crippen LogP contribution in [0.15, 0.2) is 40.5 Å². The maximum atomic E-state index is 14.0. The number of benzene rings is 1. The normalized spacial score (nSPS) is 27.3. The number of aliphatic hydroxyl groups excluding tert-OH is 1. The van der Waals surface area contributed by atoms with Gasteiger partial charge in [-0.05, 0) is 19.8 Å². The van der Waals surface area contributed by atoms with E-state index < -0.39 is 47.1 Å². The van der Waals surface area contributed by atoms with Crippen LogP contribution in [0.5, 0.6) is 0 Å². The number of piperazine rings is 1. The Morgan fingerprint density at radius 3 is 2.72 bits per heavy atom. The second-order valence-electron chi connectivity index (χ2n) is 9.45. The van der Waals surface area contributed by atoms with E-state index in [4.69, 9.17) is 9.57 Å². The number of fused-ring (bicyclic) bond motifs is 5. The maximum Gasteiger partial charge on any atom is 0.274 e. The van der Waals surface area contributed by atoms with Crippen LogP contribution >= 0.6 is 0 Å². The molecule has 1 aromatic rings. The van der Waals surface area contributed by atoms with E-state index >= 15 is 0 Å². The molecule has 3 atom stereocenters. The highest BCUT2D eigenvalue weighted by molar-refractivity contribution is 5.98. The molecule has 2 N–H and O–H groups in total. The molecule has 4 heterocycles. The van der Waals surface area contributed by atoms with Crippen LogP contribution in [0, 0.1) is 17.5 Å². The molecular formula is C24H25F3N4O5. The minimum absolute atomic E-state index is 0.0565. The maximum absolute atomic E-state index is 14.0. The lowest BCUT2D eigenvalue weighted by Crippen LogP contribution is -2.62. The Morgan fingerprint density at radius 2 is 2.06 bits per heavy atom. The van der Waals surface area contributed by atoms with Crippen molar-refractivity contribution in [2.45, 2.75) is 56.8 Å². The highest BCUT2D eigenvalue weighted by atomic mass is 19.1. The van der Waals surface area contributed by atoms with Crippen LogP contribution in [0.4, 0.5) is 13.2 Å². The Hall–Kier alpha value is -3.70. The summed E-state index contributed by atoms with van der Waals surface area (Å²) in [5.41, 5.74) is -1.21. The molecule has 12 heteroatoms. The molecule has 1 spiro atoms. The molecule has 36 heavy (non-hydrogen) atoms. The molecule has 4 aliphatic rings. The number of hydrogen-bond donors (Lipinski definition) is 2. The third-order valence-electron chi connectivity index (χ3n) is 7.32. The zero-order valence-corrected chi connectivity index (χ0v) is 19.7. The topological polar surface area (TPSA) is 104 Å². The summed E-state index contributed by atoms with van der Waals surface area (Å²) in [5, 5.41) is 17.3. The first-order valence-corrected chi connectivity index (χ1v) is 11.6. The fourth-order valence-corrected chi connectivity index (χ4v) is 5.29. The third kappa shape index (κ3) is 3.84. The molecule has 2 bridgehead atoms. The van der Waals surface area contributed by atoms with Gasteiger partial charge in [0.15, 0.2) is 5.60 Å². The number of halogens is 3. The first kappa shape index (κ1) is 24.0. The number of nitrogens with zero attached hydrogens (tertiary/aromatic N) is 3. The van der Waals surface area contributed by atoms with Gasteiger partial charge in [-0.2, -0.15) is 0 Å². The summed E-state index contributed by atoms with van der Waals surface area (Å²) >= 11 is 0. The van der Waals surface area contributed by atoms with Gasteiger partial charge in [0.25, 0.3) is 5.91 Å². The van der Waals surface area contributed by atoms with Crippen LogP contribution < -0.4 is 5.32 Å². The fourth-order valence-electron chi connectivity index (χ4n) is 5.29. The van der Waals surface area contributed by atoms with Gasteiger partial charge in [0.1, 0.15) is 28.9 Å². The van der Waals surface area contributed by atoms with Gasteiger partial charge in [-0.25, -0.2) is 13.2 Å². The van der Waals surface area contributed by atoms with Gasteiger partial charge in [-0.1, -0.05) is 5.16 Å².